The van der Waals surface area contributed by atoms with E-state index >= 15 is 0 Å². The minimum Gasteiger partial charge on any atom is -0.466 e. The van der Waals surface area contributed by atoms with Gasteiger partial charge in [-0.3, -0.25) is 4.79 Å². The Labute approximate surface area is 122 Å². The molecule has 0 aromatic heterocycles. The summed E-state index contributed by atoms with van der Waals surface area (Å²) in [6, 6.07) is -0.199. The Morgan fingerprint density at radius 1 is 1.00 bits per heavy atom. The molecule has 0 bridgehead atoms. The first kappa shape index (κ1) is 18.7. The normalized spacial score (nSPS) is 12.4. The second kappa shape index (κ2) is 9.61. The molecule has 20 heavy (non-hydrogen) atoms. The van der Waals surface area contributed by atoms with Crippen molar-refractivity contribution in [2.45, 2.75) is 54.0 Å². The molecule has 0 radical (unpaired) electrons. The summed E-state index contributed by atoms with van der Waals surface area (Å²) >= 11 is 0. The maximum absolute atomic E-state index is 12.1. The molecule has 0 aliphatic rings. The fourth-order valence-electron chi connectivity index (χ4n) is 2.04. The fourth-order valence-corrected chi connectivity index (χ4v) is 2.04. The van der Waals surface area contributed by atoms with E-state index in [-0.39, 0.29) is 30.4 Å². The lowest BCUT2D eigenvalue weighted by Crippen LogP contribution is -2.46. The van der Waals surface area contributed by atoms with Crippen LogP contribution in [0.5, 0.6) is 0 Å². The molecule has 0 spiro atoms. The standard InChI is InChI=1S/C15H29NO4/c1-7-19-14(17)9-13(12(5)6)16(10-11(3)4)15(18)20-8-2/h11-13H,7-10H2,1-6H3. The van der Waals surface area contributed by atoms with Gasteiger partial charge in [-0.15, -0.1) is 0 Å². The number of ether oxygens (including phenoxy) is 2. The van der Waals surface area contributed by atoms with Crippen molar-refractivity contribution in [3.05, 3.63) is 0 Å². The highest BCUT2D eigenvalue weighted by atomic mass is 16.6. The topological polar surface area (TPSA) is 55.8 Å². The largest absolute Gasteiger partial charge is 0.466 e. The summed E-state index contributed by atoms with van der Waals surface area (Å²) in [4.78, 5) is 25.5. The van der Waals surface area contributed by atoms with E-state index in [0.717, 1.165) is 0 Å². The SMILES string of the molecule is CCOC(=O)CC(C(C)C)N(CC(C)C)C(=O)OCC. The minimum absolute atomic E-state index is 0.155. The van der Waals surface area contributed by atoms with Crippen LogP contribution in [-0.2, 0) is 14.3 Å². The molecule has 118 valence electrons. The van der Waals surface area contributed by atoms with Crippen LogP contribution in [0, 0.1) is 11.8 Å². The van der Waals surface area contributed by atoms with Crippen LogP contribution in [0.4, 0.5) is 4.79 Å². The first-order chi connectivity index (χ1) is 9.33. The summed E-state index contributed by atoms with van der Waals surface area (Å²) < 4.78 is 10.1. The Morgan fingerprint density at radius 2 is 1.55 bits per heavy atom. The summed E-state index contributed by atoms with van der Waals surface area (Å²) in [6.45, 7) is 12.9. The number of hydrogen-bond donors (Lipinski definition) is 0. The number of nitrogens with zero attached hydrogens (tertiary/aromatic N) is 1. The van der Waals surface area contributed by atoms with E-state index in [1.165, 1.54) is 0 Å². The summed E-state index contributed by atoms with van der Waals surface area (Å²) in [6.07, 6.45) is -0.152. The third-order valence-corrected chi connectivity index (χ3v) is 2.92. The van der Waals surface area contributed by atoms with Gasteiger partial charge in [-0.1, -0.05) is 27.7 Å². The van der Waals surface area contributed by atoms with Gasteiger partial charge in [0.25, 0.3) is 0 Å². The number of amides is 1. The zero-order valence-corrected chi connectivity index (χ0v) is 13.6. The van der Waals surface area contributed by atoms with Gasteiger partial charge in [-0.25, -0.2) is 4.79 Å². The molecular weight excluding hydrogens is 258 g/mol. The molecule has 0 N–H and O–H groups in total. The lowest BCUT2D eigenvalue weighted by Gasteiger charge is -2.34. The van der Waals surface area contributed by atoms with Crippen LogP contribution >= 0.6 is 0 Å². The van der Waals surface area contributed by atoms with Crippen LogP contribution in [0.25, 0.3) is 0 Å². The van der Waals surface area contributed by atoms with E-state index in [1.807, 2.05) is 27.7 Å². The predicted molar refractivity (Wildman–Crippen MR) is 78.4 cm³/mol. The monoisotopic (exact) mass is 287 g/mol. The van der Waals surface area contributed by atoms with E-state index in [4.69, 9.17) is 9.47 Å². The lowest BCUT2D eigenvalue weighted by molar-refractivity contribution is -0.144. The molecule has 0 rings (SSSR count). The van der Waals surface area contributed by atoms with Gasteiger partial charge in [0.15, 0.2) is 0 Å². The first-order valence-electron chi connectivity index (χ1n) is 7.42. The van der Waals surface area contributed by atoms with Crippen LogP contribution in [0.1, 0.15) is 48.0 Å². The first-order valence-corrected chi connectivity index (χ1v) is 7.42. The van der Waals surface area contributed by atoms with Crippen molar-refractivity contribution < 1.29 is 19.1 Å². The van der Waals surface area contributed by atoms with Crippen molar-refractivity contribution in [2.75, 3.05) is 19.8 Å². The number of carbonyl (C=O) groups excluding carboxylic acids is 2. The third kappa shape index (κ3) is 6.78. The fraction of sp³-hybridized carbons (Fsp3) is 0.867. The van der Waals surface area contributed by atoms with E-state index in [0.29, 0.717) is 25.7 Å². The number of hydrogen-bond acceptors (Lipinski definition) is 4. The van der Waals surface area contributed by atoms with E-state index in [1.54, 1.807) is 18.7 Å². The molecule has 0 aliphatic heterocycles. The minimum atomic E-state index is -0.357. The Bertz CT molecular complexity index is 302. The van der Waals surface area contributed by atoms with Crippen molar-refractivity contribution in [3.63, 3.8) is 0 Å². The number of rotatable bonds is 8. The molecule has 1 amide bonds. The van der Waals surface area contributed by atoms with Crippen LogP contribution in [0.15, 0.2) is 0 Å². The molecule has 0 heterocycles. The van der Waals surface area contributed by atoms with Gasteiger partial charge in [-0.2, -0.15) is 0 Å². The molecule has 5 nitrogen and oxygen atoms in total. The van der Waals surface area contributed by atoms with E-state index in [2.05, 4.69) is 0 Å². The summed E-state index contributed by atoms with van der Waals surface area (Å²) in [5.74, 6) is 0.190. The van der Waals surface area contributed by atoms with Crippen molar-refractivity contribution >= 4 is 12.1 Å². The van der Waals surface area contributed by atoms with Gasteiger partial charge >= 0.3 is 12.1 Å². The van der Waals surface area contributed by atoms with Crippen LogP contribution in [-0.4, -0.2) is 42.8 Å². The Kier molecular flexibility index (Phi) is 9.01. The average molecular weight is 287 g/mol. The lowest BCUT2D eigenvalue weighted by atomic mass is 9.98. The van der Waals surface area contributed by atoms with Crippen LogP contribution < -0.4 is 0 Å². The zero-order chi connectivity index (χ0) is 15.7. The van der Waals surface area contributed by atoms with Gasteiger partial charge in [0.05, 0.1) is 19.6 Å². The van der Waals surface area contributed by atoms with Crippen LogP contribution in [0.2, 0.25) is 0 Å². The average Bonchev–Trinajstić information content (AvgIpc) is 2.33. The molecule has 1 atom stereocenters. The van der Waals surface area contributed by atoms with Crippen molar-refractivity contribution in [2.24, 2.45) is 11.8 Å². The smallest absolute Gasteiger partial charge is 0.410 e. The van der Waals surface area contributed by atoms with Crippen molar-refractivity contribution in [1.29, 1.82) is 0 Å². The number of carbonyl (C=O) groups is 2. The van der Waals surface area contributed by atoms with Crippen molar-refractivity contribution in [3.8, 4) is 0 Å². The molecule has 0 aliphatic carbocycles. The summed E-state index contributed by atoms with van der Waals surface area (Å²) in [7, 11) is 0. The van der Waals surface area contributed by atoms with Gasteiger partial charge in [0.2, 0.25) is 0 Å². The van der Waals surface area contributed by atoms with Crippen molar-refractivity contribution in [1.82, 2.24) is 4.90 Å². The third-order valence-electron chi connectivity index (χ3n) is 2.92. The van der Waals surface area contributed by atoms with Gasteiger partial charge in [0, 0.05) is 12.6 Å². The maximum atomic E-state index is 12.1. The van der Waals surface area contributed by atoms with E-state index < -0.39 is 0 Å². The van der Waals surface area contributed by atoms with E-state index in [9.17, 15) is 9.59 Å². The highest BCUT2D eigenvalue weighted by molar-refractivity contribution is 5.73. The predicted octanol–water partition coefficient (Wildman–Crippen LogP) is 3.08. The Morgan fingerprint density at radius 3 is 1.95 bits per heavy atom. The quantitative estimate of drug-likeness (QED) is 0.644. The Hall–Kier alpha value is -1.26. The highest BCUT2D eigenvalue weighted by Crippen LogP contribution is 2.18. The van der Waals surface area contributed by atoms with Crippen LogP contribution in [0.3, 0.4) is 0 Å². The van der Waals surface area contributed by atoms with Gasteiger partial charge < -0.3 is 14.4 Å². The zero-order valence-electron chi connectivity index (χ0n) is 13.6. The molecule has 0 aromatic rings. The maximum Gasteiger partial charge on any atom is 0.410 e. The highest BCUT2D eigenvalue weighted by Gasteiger charge is 2.30. The molecule has 0 fully saturated rings. The number of esters is 1. The van der Waals surface area contributed by atoms with Gasteiger partial charge in [-0.05, 0) is 25.7 Å². The summed E-state index contributed by atoms with van der Waals surface area (Å²) in [5, 5.41) is 0. The Balaban J connectivity index is 5.00. The molecule has 0 saturated heterocycles. The molecule has 1 unspecified atom stereocenters. The second-order valence-corrected chi connectivity index (χ2v) is 5.57. The molecular formula is C15H29NO4. The molecule has 0 saturated carbocycles. The van der Waals surface area contributed by atoms with Gasteiger partial charge in [0.1, 0.15) is 0 Å². The summed E-state index contributed by atoms with van der Waals surface area (Å²) in [5.41, 5.74) is 0. The molecule has 0 aromatic carbocycles. The molecule has 5 heteroatoms. The second-order valence-electron chi connectivity index (χ2n) is 5.57.